The minimum Gasteiger partial charge on any atom is -0.468 e. The maximum Gasteiger partial charge on any atom is 0.336 e. The summed E-state index contributed by atoms with van der Waals surface area (Å²) in [6.45, 7) is 7.94. The smallest absolute Gasteiger partial charge is 0.336 e. The van der Waals surface area contributed by atoms with Crippen LogP contribution in [0.5, 0.6) is 0 Å². The van der Waals surface area contributed by atoms with Gasteiger partial charge in [-0.2, -0.15) is 0 Å². The highest BCUT2D eigenvalue weighted by molar-refractivity contribution is 7.12. The molecule has 1 N–H and O–H groups in total. The molecule has 0 saturated heterocycles. The lowest BCUT2D eigenvalue weighted by molar-refractivity contribution is -0.151. The normalized spacial score (nSPS) is 24.2. The predicted octanol–water partition coefficient (Wildman–Crippen LogP) is 3.62. The lowest BCUT2D eigenvalue weighted by Crippen LogP contribution is -2.43. The number of hydrogen-bond acceptors (Lipinski definition) is 7. The molecule has 0 amide bonds. The molecule has 3 atom stereocenters. The zero-order valence-corrected chi connectivity index (χ0v) is 18.3. The number of rotatable bonds is 5. The van der Waals surface area contributed by atoms with Gasteiger partial charge in [-0.3, -0.25) is 9.59 Å². The van der Waals surface area contributed by atoms with E-state index < -0.39 is 23.8 Å². The molecule has 1 aromatic rings. The van der Waals surface area contributed by atoms with Gasteiger partial charge in [0.25, 0.3) is 0 Å². The van der Waals surface area contributed by atoms with Crippen LogP contribution in [0.25, 0.3) is 0 Å². The molecule has 1 aliphatic carbocycles. The molecule has 156 valence electrons. The van der Waals surface area contributed by atoms with Gasteiger partial charge >= 0.3 is 11.9 Å². The number of ether oxygens (including phenoxy) is 2. The number of thiophene rings is 1. The van der Waals surface area contributed by atoms with Crippen molar-refractivity contribution in [1.29, 1.82) is 0 Å². The van der Waals surface area contributed by atoms with Crippen LogP contribution in [0.15, 0.2) is 34.7 Å². The fourth-order valence-corrected chi connectivity index (χ4v) is 5.11. The molecule has 0 radical (unpaired) electrons. The molecule has 0 bridgehead atoms. The molecule has 2 aliphatic rings. The minimum atomic E-state index is -0.865. The number of hydrogen-bond donors (Lipinski definition) is 1. The molecule has 0 aromatic carbocycles. The van der Waals surface area contributed by atoms with Crippen LogP contribution < -0.4 is 5.32 Å². The summed E-state index contributed by atoms with van der Waals surface area (Å²) < 4.78 is 10.3. The van der Waals surface area contributed by atoms with E-state index in [1.807, 2.05) is 39.8 Å². The fourth-order valence-electron chi connectivity index (χ4n) is 4.12. The van der Waals surface area contributed by atoms with Crippen LogP contribution >= 0.6 is 11.3 Å². The summed E-state index contributed by atoms with van der Waals surface area (Å²) in [5.74, 6) is -2.83. The van der Waals surface area contributed by atoms with Crippen molar-refractivity contribution in [1.82, 2.24) is 5.32 Å². The summed E-state index contributed by atoms with van der Waals surface area (Å²) in [5.41, 5.74) is 2.39. The van der Waals surface area contributed by atoms with Crippen LogP contribution in [0.1, 0.15) is 49.3 Å². The molecule has 0 spiro atoms. The number of allylic oxidation sites excluding steroid dienone is 3. The number of carbonyl (C=O) groups excluding carboxylic acids is 3. The van der Waals surface area contributed by atoms with Crippen LogP contribution in [0.2, 0.25) is 0 Å². The lowest BCUT2D eigenvalue weighted by Gasteiger charge is -2.37. The van der Waals surface area contributed by atoms with Crippen LogP contribution in [0.4, 0.5) is 0 Å². The molecule has 7 heteroatoms. The van der Waals surface area contributed by atoms with E-state index >= 15 is 0 Å². The van der Waals surface area contributed by atoms with Crippen LogP contribution in [0, 0.1) is 18.8 Å². The summed E-state index contributed by atoms with van der Waals surface area (Å²) in [4.78, 5) is 40.7. The Morgan fingerprint density at radius 2 is 2.00 bits per heavy atom. The zero-order valence-electron chi connectivity index (χ0n) is 17.5. The van der Waals surface area contributed by atoms with E-state index in [0.29, 0.717) is 36.3 Å². The molecule has 0 fully saturated rings. The highest BCUT2D eigenvalue weighted by atomic mass is 32.1. The predicted molar refractivity (Wildman–Crippen MR) is 110 cm³/mol. The summed E-state index contributed by atoms with van der Waals surface area (Å²) in [7, 11) is 1.29. The van der Waals surface area contributed by atoms with Gasteiger partial charge in [0.05, 0.1) is 25.2 Å². The monoisotopic (exact) mass is 417 g/mol. The highest BCUT2D eigenvalue weighted by Gasteiger charge is 2.47. The maximum absolute atomic E-state index is 13.5. The number of carbonyl (C=O) groups is 3. The number of dihydropyridines is 1. The fraction of sp³-hybridized carbons (Fsp3) is 0.500. The minimum absolute atomic E-state index is 0.187. The molecule has 1 aliphatic heterocycles. The molecule has 1 aromatic heterocycles. The van der Waals surface area contributed by atoms with Gasteiger partial charge in [0.15, 0.2) is 5.78 Å². The second kappa shape index (κ2) is 8.53. The molecular weight excluding hydrogens is 390 g/mol. The first-order valence-electron chi connectivity index (χ1n) is 9.86. The van der Waals surface area contributed by atoms with Gasteiger partial charge in [-0.05, 0) is 44.7 Å². The van der Waals surface area contributed by atoms with E-state index in [-0.39, 0.29) is 11.7 Å². The van der Waals surface area contributed by atoms with E-state index in [0.717, 1.165) is 15.5 Å². The Kier molecular flexibility index (Phi) is 6.27. The number of ketones is 1. The number of methoxy groups -OCH3 is 1. The summed E-state index contributed by atoms with van der Waals surface area (Å²) in [6.07, 6.45) is 1.25. The van der Waals surface area contributed by atoms with Crippen molar-refractivity contribution in [2.24, 2.45) is 11.8 Å². The van der Waals surface area contributed by atoms with Crippen LogP contribution in [-0.4, -0.2) is 31.4 Å². The van der Waals surface area contributed by atoms with Crippen molar-refractivity contribution < 1.29 is 23.9 Å². The van der Waals surface area contributed by atoms with E-state index in [9.17, 15) is 14.4 Å². The van der Waals surface area contributed by atoms with Gasteiger partial charge < -0.3 is 14.8 Å². The largest absolute Gasteiger partial charge is 0.468 e. The van der Waals surface area contributed by atoms with Crippen molar-refractivity contribution in [3.8, 4) is 0 Å². The second-order valence-electron chi connectivity index (χ2n) is 7.62. The van der Waals surface area contributed by atoms with Gasteiger partial charge in [0.1, 0.15) is 5.92 Å². The van der Waals surface area contributed by atoms with Gasteiger partial charge in [0, 0.05) is 26.7 Å². The SMILES string of the molecule is CCCOC(=O)C1=C(C)NC2=C(C(=O)[C@H](C(=O)OC)[C@H](C)C2)[C@@H]1c1ccc(C)s1. The van der Waals surface area contributed by atoms with Gasteiger partial charge in [-0.15, -0.1) is 11.3 Å². The molecule has 0 saturated carbocycles. The zero-order chi connectivity index (χ0) is 21.3. The Labute approximate surface area is 175 Å². The maximum atomic E-state index is 13.5. The third-order valence-corrected chi connectivity index (χ3v) is 6.51. The first kappa shape index (κ1) is 21.3. The number of aryl methyl sites for hydroxylation is 1. The van der Waals surface area contributed by atoms with Crippen molar-refractivity contribution in [2.75, 3.05) is 13.7 Å². The molecule has 29 heavy (non-hydrogen) atoms. The average Bonchev–Trinajstić information content (AvgIpc) is 3.10. The summed E-state index contributed by atoms with van der Waals surface area (Å²) in [6, 6.07) is 3.92. The van der Waals surface area contributed by atoms with E-state index in [1.165, 1.54) is 7.11 Å². The van der Waals surface area contributed by atoms with E-state index in [2.05, 4.69) is 5.32 Å². The Hall–Kier alpha value is -2.41. The quantitative estimate of drug-likeness (QED) is 0.582. The van der Waals surface area contributed by atoms with Crippen molar-refractivity contribution in [3.63, 3.8) is 0 Å². The third kappa shape index (κ3) is 3.88. The first-order valence-corrected chi connectivity index (χ1v) is 10.7. The Bertz CT molecular complexity index is 910. The van der Waals surface area contributed by atoms with E-state index in [4.69, 9.17) is 9.47 Å². The van der Waals surface area contributed by atoms with Crippen LogP contribution in [0.3, 0.4) is 0 Å². The lowest BCUT2D eigenvalue weighted by atomic mass is 9.70. The molecule has 6 nitrogen and oxygen atoms in total. The van der Waals surface area contributed by atoms with Gasteiger partial charge in [0.2, 0.25) is 0 Å². The summed E-state index contributed by atoms with van der Waals surface area (Å²) >= 11 is 1.54. The third-order valence-electron chi connectivity index (χ3n) is 5.45. The number of esters is 2. The standard InChI is InChI=1S/C22H27NO5S/c1-6-9-28-22(26)17-13(4)23-14-10-11(2)16(21(25)27-5)20(24)18(14)19(17)15-8-7-12(3)29-15/h7-8,11,16,19,23H,6,9-10H2,1-5H3/t11-,16-,19-/m1/s1. The van der Waals surface area contributed by atoms with E-state index in [1.54, 1.807) is 11.3 Å². The Balaban J connectivity index is 2.13. The average molecular weight is 418 g/mol. The van der Waals surface area contributed by atoms with Crippen LogP contribution in [-0.2, 0) is 23.9 Å². The Morgan fingerprint density at radius 1 is 1.28 bits per heavy atom. The van der Waals surface area contributed by atoms with Crippen molar-refractivity contribution in [3.05, 3.63) is 44.4 Å². The van der Waals surface area contributed by atoms with Crippen molar-refractivity contribution >= 4 is 29.1 Å². The van der Waals surface area contributed by atoms with Gasteiger partial charge in [-0.1, -0.05) is 13.8 Å². The van der Waals surface area contributed by atoms with Crippen molar-refractivity contribution in [2.45, 2.75) is 46.5 Å². The Morgan fingerprint density at radius 3 is 2.59 bits per heavy atom. The number of Topliss-reactive ketones (excluding diaryl/α,β-unsaturated/α-hetero) is 1. The molecular formula is C22H27NO5S. The number of nitrogens with one attached hydrogen (secondary N) is 1. The molecule has 3 rings (SSSR count). The molecule has 0 unspecified atom stereocenters. The molecule has 2 heterocycles. The first-order chi connectivity index (χ1) is 13.8. The summed E-state index contributed by atoms with van der Waals surface area (Å²) in [5, 5.41) is 3.26. The highest BCUT2D eigenvalue weighted by Crippen LogP contribution is 2.46. The second-order valence-corrected chi connectivity index (χ2v) is 8.94. The topological polar surface area (TPSA) is 81.7 Å². The van der Waals surface area contributed by atoms with Gasteiger partial charge in [-0.25, -0.2) is 4.79 Å².